The Balaban J connectivity index is 1.89. The number of hydrogen-bond acceptors (Lipinski definition) is 2. The van der Waals surface area contributed by atoms with Gasteiger partial charge >= 0.3 is 0 Å². The van der Waals surface area contributed by atoms with Gasteiger partial charge in [0.1, 0.15) is 0 Å². The predicted octanol–water partition coefficient (Wildman–Crippen LogP) is 3.34. The predicted molar refractivity (Wildman–Crippen MR) is 76.6 cm³/mol. The van der Waals surface area contributed by atoms with Gasteiger partial charge in [-0.1, -0.05) is 23.2 Å². The molecule has 1 aliphatic rings. The van der Waals surface area contributed by atoms with E-state index >= 15 is 0 Å². The van der Waals surface area contributed by atoms with Gasteiger partial charge in [0.25, 0.3) is 0 Å². The number of carbonyl (C=O) groups is 1. The Labute approximate surface area is 123 Å². The molecule has 0 unspecified atom stereocenters. The lowest BCUT2D eigenvalue weighted by Crippen LogP contribution is -2.25. The standard InChI is InChI=1S/C14H17Cl2NO2/c1-9-4-11(15)6-13(16)12(9)7-17-14(18)5-10-2-3-19-8-10/h4,6,10H,2-3,5,7-8H2,1H3,(H,17,18)/t10-/m1/s1. The first kappa shape index (κ1) is 14.6. The molecule has 104 valence electrons. The van der Waals surface area contributed by atoms with Gasteiger partial charge in [-0.15, -0.1) is 0 Å². The van der Waals surface area contributed by atoms with Crippen molar-refractivity contribution in [1.29, 1.82) is 0 Å². The second-order valence-corrected chi connectivity index (χ2v) is 5.74. The smallest absolute Gasteiger partial charge is 0.220 e. The Morgan fingerprint density at radius 1 is 1.47 bits per heavy atom. The molecule has 0 aliphatic carbocycles. The van der Waals surface area contributed by atoms with Crippen molar-refractivity contribution in [3.05, 3.63) is 33.3 Å². The largest absolute Gasteiger partial charge is 0.381 e. The van der Waals surface area contributed by atoms with Crippen molar-refractivity contribution in [1.82, 2.24) is 5.32 Å². The lowest BCUT2D eigenvalue weighted by molar-refractivity contribution is -0.122. The van der Waals surface area contributed by atoms with Crippen LogP contribution in [-0.2, 0) is 16.1 Å². The molecule has 0 radical (unpaired) electrons. The first-order valence-electron chi connectivity index (χ1n) is 6.35. The van der Waals surface area contributed by atoms with Gasteiger partial charge in [0.2, 0.25) is 5.91 Å². The fourth-order valence-corrected chi connectivity index (χ4v) is 2.88. The fraction of sp³-hybridized carbons (Fsp3) is 0.500. The second-order valence-electron chi connectivity index (χ2n) is 4.89. The van der Waals surface area contributed by atoms with Crippen molar-refractivity contribution in [2.24, 2.45) is 5.92 Å². The molecule has 1 heterocycles. The molecule has 1 saturated heterocycles. The Bertz CT molecular complexity index is 448. The SMILES string of the molecule is Cc1cc(Cl)cc(Cl)c1CNC(=O)C[C@H]1CCOC1. The molecule has 1 aliphatic heterocycles. The molecule has 1 aromatic rings. The highest BCUT2D eigenvalue weighted by Gasteiger charge is 2.19. The average molecular weight is 302 g/mol. The average Bonchev–Trinajstić information content (AvgIpc) is 2.80. The normalized spacial score (nSPS) is 18.6. The third kappa shape index (κ3) is 4.10. The zero-order valence-corrected chi connectivity index (χ0v) is 12.4. The van der Waals surface area contributed by atoms with Gasteiger partial charge in [-0.3, -0.25) is 4.79 Å². The Morgan fingerprint density at radius 3 is 2.89 bits per heavy atom. The zero-order valence-electron chi connectivity index (χ0n) is 10.8. The molecule has 1 N–H and O–H groups in total. The number of nitrogens with one attached hydrogen (secondary N) is 1. The summed E-state index contributed by atoms with van der Waals surface area (Å²) in [6, 6.07) is 3.54. The minimum atomic E-state index is 0.0425. The highest BCUT2D eigenvalue weighted by Crippen LogP contribution is 2.25. The van der Waals surface area contributed by atoms with Crippen LogP contribution in [0.3, 0.4) is 0 Å². The third-order valence-electron chi connectivity index (χ3n) is 3.34. The first-order chi connectivity index (χ1) is 9.06. The molecular weight excluding hydrogens is 285 g/mol. The van der Waals surface area contributed by atoms with Crippen molar-refractivity contribution >= 4 is 29.1 Å². The van der Waals surface area contributed by atoms with E-state index in [1.54, 1.807) is 6.07 Å². The third-order valence-corrected chi connectivity index (χ3v) is 3.90. The number of ether oxygens (including phenoxy) is 1. The summed E-state index contributed by atoms with van der Waals surface area (Å²) in [5.41, 5.74) is 1.91. The van der Waals surface area contributed by atoms with E-state index in [9.17, 15) is 4.79 Å². The Hall–Kier alpha value is -0.770. The number of benzene rings is 1. The van der Waals surface area contributed by atoms with Crippen molar-refractivity contribution in [3.63, 3.8) is 0 Å². The number of hydrogen-bond donors (Lipinski definition) is 1. The van der Waals surface area contributed by atoms with E-state index in [0.29, 0.717) is 35.5 Å². The second kappa shape index (κ2) is 6.60. The molecule has 5 heteroatoms. The van der Waals surface area contributed by atoms with E-state index in [1.165, 1.54) is 0 Å². The number of halogens is 2. The highest BCUT2D eigenvalue weighted by molar-refractivity contribution is 6.35. The zero-order chi connectivity index (χ0) is 13.8. The maximum atomic E-state index is 11.8. The van der Waals surface area contributed by atoms with E-state index < -0.39 is 0 Å². The molecule has 0 spiro atoms. The molecule has 0 saturated carbocycles. The summed E-state index contributed by atoms with van der Waals surface area (Å²) in [7, 11) is 0. The summed E-state index contributed by atoms with van der Waals surface area (Å²) >= 11 is 12.0. The molecular formula is C14H17Cl2NO2. The van der Waals surface area contributed by atoms with Crippen molar-refractivity contribution in [3.8, 4) is 0 Å². The lowest BCUT2D eigenvalue weighted by Gasteiger charge is -2.12. The van der Waals surface area contributed by atoms with Gasteiger partial charge < -0.3 is 10.1 Å². The molecule has 0 bridgehead atoms. The van der Waals surface area contributed by atoms with Gasteiger partial charge in [-0.05, 0) is 42.5 Å². The van der Waals surface area contributed by atoms with Crippen LogP contribution in [0.25, 0.3) is 0 Å². The maximum absolute atomic E-state index is 11.8. The first-order valence-corrected chi connectivity index (χ1v) is 7.11. The van der Waals surface area contributed by atoms with Crippen LogP contribution in [0.2, 0.25) is 10.0 Å². The van der Waals surface area contributed by atoms with E-state index in [0.717, 1.165) is 24.2 Å². The summed E-state index contributed by atoms with van der Waals surface area (Å²) in [5, 5.41) is 4.11. The molecule has 1 fully saturated rings. The van der Waals surface area contributed by atoms with Crippen LogP contribution in [0.15, 0.2) is 12.1 Å². The van der Waals surface area contributed by atoms with Gasteiger partial charge in [-0.2, -0.15) is 0 Å². The molecule has 1 amide bonds. The Kier molecular flexibility index (Phi) is 5.08. The highest BCUT2D eigenvalue weighted by atomic mass is 35.5. The van der Waals surface area contributed by atoms with Crippen LogP contribution in [0.4, 0.5) is 0 Å². The topological polar surface area (TPSA) is 38.3 Å². The van der Waals surface area contributed by atoms with Crippen molar-refractivity contribution in [2.45, 2.75) is 26.3 Å². The van der Waals surface area contributed by atoms with Gasteiger partial charge in [0, 0.05) is 36.2 Å². The number of aryl methyl sites for hydroxylation is 1. The van der Waals surface area contributed by atoms with E-state index in [-0.39, 0.29) is 5.91 Å². The molecule has 2 rings (SSSR count). The summed E-state index contributed by atoms with van der Waals surface area (Å²) in [4.78, 5) is 11.8. The van der Waals surface area contributed by atoms with Crippen LogP contribution in [0.1, 0.15) is 24.0 Å². The Morgan fingerprint density at radius 2 is 2.26 bits per heavy atom. The molecule has 0 aromatic heterocycles. The number of amides is 1. The quantitative estimate of drug-likeness (QED) is 0.926. The van der Waals surface area contributed by atoms with Gasteiger partial charge in [0.15, 0.2) is 0 Å². The maximum Gasteiger partial charge on any atom is 0.220 e. The van der Waals surface area contributed by atoms with Crippen LogP contribution in [0.5, 0.6) is 0 Å². The summed E-state index contributed by atoms with van der Waals surface area (Å²) in [6.07, 6.45) is 1.48. The van der Waals surface area contributed by atoms with Crippen LogP contribution in [0, 0.1) is 12.8 Å². The van der Waals surface area contributed by atoms with Crippen LogP contribution >= 0.6 is 23.2 Å². The monoisotopic (exact) mass is 301 g/mol. The molecule has 1 atom stereocenters. The molecule has 19 heavy (non-hydrogen) atoms. The van der Waals surface area contributed by atoms with E-state index in [2.05, 4.69) is 5.32 Å². The minimum Gasteiger partial charge on any atom is -0.381 e. The number of carbonyl (C=O) groups excluding carboxylic acids is 1. The fourth-order valence-electron chi connectivity index (χ4n) is 2.22. The molecule has 1 aromatic carbocycles. The lowest BCUT2D eigenvalue weighted by atomic mass is 10.0. The van der Waals surface area contributed by atoms with E-state index in [1.807, 2.05) is 13.0 Å². The summed E-state index contributed by atoms with van der Waals surface area (Å²) < 4.78 is 5.26. The number of rotatable bonds is 4. The van der Waals surface area contributed by atoms with Crippen molar-refractivity contribution in [2.75, 3.05) is 13.2 Å². The van der Waals surface area contributed by atoms with Gasteiger partial charge in [0.05, 0.1) is 0 Å². The van der Waals surface area contributed by atoms with Crippen LogP contribution in [-0.4, -0.2) is 19.1 Å². The van der Waals surface area contributed by atoms with Gasteiger partial charge in [-0.25, -0.2) is 0 Å². The van der Waals surface area contributed by atoms with E-state index in [4.69, 9.17) is 27.9 Å². The van der Waals surface area contributed by atoms with Crippen molar-refractivity contribution < 1.29 is 9.53 Å². The summed E-state index contributed by atoms with van der Waals surface area (Å²) in [6.45, 7) is 3.83. The minimum absolute atomic E-state index is 0.0425. The molecule has 3 nitrogen and oxygen atoms in total. The van der Waals surface area contributed by atoms with Crippen LogP contribution < -0.4 is 5.32 Å². The summed E-state index contributed by atoms with van der Waals surface area (Å²) in [5.74, 6) is 0.391.